The van der Waals surface area contributed by atoms with Gasteiger partial charge in [0, 0.05) is 0 Å². The second-order valence-corrected chi connectivity index (χ2v) is 2.34. The van der Waals surface area contributed by atoms with Gasteiger partial charge in [-0.3, -0.25) is 0 Å². The number of rotatable bonds is 1. The minimum absolute atomic E-state index is 0.361. The molecule has 0 aliphatic carbocycles. The molecule has 2 heterocycles. The first-order chi connectivity index (χ1) is 5.88. The van der Waals surface area contributed by atoms with E-state index in [2.05, 4.69) is 9.79 Å². The summed E-state index contributed by atoms with van der Waals surface area (Å²) in [6.07, 6.45) is 9.72. The molecule has 0 bridgehead atoms. The van der Waals surface area contributed by atoms with Crippen LogP contribution in [0, 0.1) is 5.21 Å². The first kappa shape index (κ1) is 6.90. The molecule has 1 aromatic rings. The van der Waals surface area contributed by atoms with E-state index in [0.29, 0.717) is 10.7 Å². The summed E-state index contributed by atoms with van der Waals surface area (Å²) in [6.45, 7) is 0. The van der Waals surface area contributed by atoms with Crippen LogP contribution in [0.4, 0.5) is 5.82 Å². The lowest BCUT2D eigenvalue weighted by Crippen LogP contribution is -2.30. The monoisotopic (exact) mass is 165 g/mol. The molecule has 0 atom stereocenters. The van der Waals surface area contributed by atoms with Crippen LogP contribution in [0.2, 0.25) is 0 Å². The highest BCUT2D eigenvalue weighted by atomic mass is 16.8. The van der Waals surface area contributed by atoms with Crippen molar-refractivity contribution in [3.8, 4) is 0 Å². The van der Waals surface area contributed by atoms with E-state index in [4.69, 9.17) is 0 Å². The molecule has 12 heavy (non-hydrogen) atoms. The maximum absolute atomic E-state index is 10.9. The molecule has 1 aliphatic rings. The standard InChI is InChI=1S/C7H7N3O2/c11-10-7(6-8-12-10)9-4-2-1-3-5-9/h2-6H,1H2. The van der Waals surface area contributed by atoms with Gasteiger partial charge in [-0.2, -0.15) is 0 Å². The quantitative estimate of drug-likeness (QED) is 0.570. The Kier molecular flexibility index (Phi) is 1.55. The molecule has 0 saturated carbocycles. The van der Waals surface area contributed by atoms with Crippen molar-refractivity contribution in [3.63, 3.8) is 0 Å². The average Bonchev–Trinajstić information content (AvgIpc) is 2.53. The van der Waals surface area contributed by atoms with Gasteiger partial charge in [0.15, 0.2) is 6.20 Å². The van der Waals surface area contributed by atoms with E-state index in [-0.39, 0.29) is 0 Å². The van der Waals surface area contributed by atoms with E-state index in [0.717, 1.165) is 6.42 Å². The van der Waals surface area contributed by atoms with Gasteiger partial charge in [-0.25, -0.2) is 4.90 Å². The Labute approximate surface area is 68.7 Å². The number of anilines is 1. The molecule has 0 radical (unpaired) electrons. The molecular weight excluding hydrogens is 158 g/mol. The number of nitrogens with zero attached hydrogens (tertiary/aromatic N) is 3. The largest absolute Gasteiger partial charge is 0.391 e. The zero-order valence-electron chi connectivity index (χ0n) is 6.25. The smallest absolute Gasteiger partial charge is 0.305 e. The minimum atomic E-state index is 0.361. The van der Waals surface area contributed by atoms with Crippen LogP contribution >= 0.6 is 0 Å². The molecular formula is C7H7N3O2. The van der Waals surface area contributed by atoms with Crippen LogP contribution in [-0.2, 0) is 0 Å². The maximum atomic E-state index is 10.9. The minimum Gasteiger partial charge on any atom is -0.391 e. The molecule has 62 valence electrons. The van der Waals surface area contributed by atoms with Crippen molar-refractivity contribution >= 4 is 5.82 Å². The second kappa shape index (κ2) is 2.69. The third-order valence-corrected chi connectivity index (χ3v) is 1.55. The van der Waals surface area contributed by atoms with Crippen LogP contribution in [0.1, 0.15) is 6.42 Å². The van der Waals surface area contributed by atoms with E-state index in [1.165, 1.54) is 6.20 Å². The summed E-state index contributed by atoms with van der Waals surface area (Å²) < 4.78 is 4.32. The molecule has 0 fully saturated rings. The fraction of sp³-hybridized carbons (Fsp3) is 0.143. The third-order valence-electron chi connectivity index (χ3n) is 1.55. The van der Waals surface area contributed by atoms with Gasteiger partial charge in [-0.05, 0) is 23.7 Å². The van der Waals surface area contributed by atoms with E-state index in [1.807, 2.05) is 12.2 Å². The number of aromatic nitrogens is 2. The molecule has 0 N–H and O–H groups in total. The topological polar surface area (TPSA) is 56.2 Å². The molecule has 0 aromatic carbocycles. The van der Waals surface area contributed by atoms with E-state index < -0.39 is 0 Å². The summed E-state index contributed by atoms with van der Waals surface area (Å²) in [4.78, 5) is 2.01. The summed E-state index contributed by atoms with van der Waals surface area (Å²) >= 11 is 0. The van der Waals surface area contributed by atoms with Crippen LogP contribution in [0.5, 0.6) is 0 Å². The zero-order valence-corrected chi connectivity index (χ0v) is 6.25. The Balaban J connectivity index is 2.30. The normalized spacial score (nSPS) is 15.5. The van der Waals surface area contributed by atoms with E-state index in [9.17, 15) is 5.21 Å². The fourth-order valence-electron chi connectivity index (χ4n) is 0.993. The van der Waals surface area contributed by atoms with Crippen LogP contribution in [-0.4, -0.2) is 5.16 Å². The van der Waals surface area contributed by atoms with Gasteiger partial charge in [0.25, 0.3) is 0 Å². The van der Waals surface area contributed by atoms with Gasteiger partial charge in [0.1, 0.15) is 0 Å². The van der Waals surface area contributed by atoms with E-state index in [1.54, 1.807) is 17.3 Å². The van der Waals surface area contributed by atoms with Crippen molar-refractivity contribution in [1.29, 1.82) is 0 Å². The van der Waals surface area contributed by atoms with Crippen LogP contribution in [0.25, 0.3) is 0 Å². The fourth-order valence-corrected chi connectivity index (χ4v) is 0.993. The predicted octanol–water partition coefficient (Wildman–Crippen LogP) is 0.545. The molecule has 0 saturated heterocycles. The molecule has 5 heteroatoms. The van der Waals surface area contributed by atoms with Crippen molar-refractivity contribution in [2.45, 2.75) is 6.42 Å². The van der Waals surface area contributed by atoms with Crippen LogP contribution in [0.15, 0.2) is 35.4 Å². The van der Waals surface area contributed by atoms with Crippen molar-refractivity contribution in [3.05, 3.63) is 36.0 Å². The highest BCUT2D eigenvalue weighted by Crippen LogP contribution is 2.11. The first-order valence-electron chi connectivity index (χ1n) is 3.54. The summed E-state index contributed by atoms with van der Waals surface area (Å²) in [5.74, 6) is 0.363. The molecule has 1 aliphatic heterocycles. The lowest BCUT2D eigenvalue weighted by molar-refractivity contribution is -0.791. The maximum Gasteiger partial charge on any atom is 0.305 e. The molecule has 0 unspecified atom stereocenters. The SMILES string of the molecule is [O-][n+]1oncc1N1C=CCC=C1. The molecule has 5 nitrogen and oxygen atoms in total. The van der Waals surface area contributed by atoms with Gasteiger partial charge in [0.2, 0.25) is 0 Å². The van der Waals surface area contributed by atoms with Crippen molar-refractivity contribution in [2.24, 2.45) is 0 Å². The van der Waals surface area contributed by atoms with Crippen LogP contribution in [0.3, 0.4) is 0 Å². The molecule has 1 aromatic heterocycles. The Morgan fingerprint density at radius 2 is 2.25 bits per heavy atom. The summed E-state index contributed by atoms with van der Waals surface area (Å²) in [5.41, 5.74) is 0. The van der Waals surface area contributed by atoms with Gasteiger partial charge < -0.3 is 9.84 Å². The van der Waals surface area contributed by atoms with Gasteiger partial charge >= 0.3 is 5.82 Å². The highest BCUT2D eigenvalue weighted by molar-refractivity contribution is 5.40. The Morgan fingerprint density at radius 3 is 2.83 bits per heavy atom. The number of hydrogen-bond acceptors (Lipinski definition) is 4. The predicted molar refractivity (Wildman–Crippen MR) is 40.8 cm³/mol. The van der Waals surface area contributed by atoms with Gasteiger partial charge in [-0.15, -0.1) is 0 Å². The second-order valence-electron chi connectivity index (χ2n) is 2.34. The molecule has 0 spiro atoms. The summed E-state index contributed by atoms with van der Waals surface area (Å²) in [7, 11) is 0. The van der Waals surface area contributed by atoms with Crippen molar-refractivity contribution in [1.82, 2.24) is 5.16 Å². The van der Waals surface area contributed by atoms with Crippen molar-refractivity contribution in [2.75, 3.05) is 4.90 Å². The lowest BCUT2D eigenvalue weighted by Gasteiger charge is -2.09. The summed E-state index contributed by atoms with van der Waals surface area (Å²) in [6, 6.07) is 0. The Morgan fingerprint density at radius 1 is 1.50 bits per heavy atom. The first-order valence-corrected chi connectivity index (χ1v) is 3.54. The Bertz CT molecular complexity index is 317. The van der Waals surface area contributed by atoms with Crippen molar-refractivity contribution < 1.29 is 9.53 Å². The zero-order chi connectivity index (χ0) is 8.39. The third kappa shape index (κ3) is 1.05. The van der Waals surface area contributed by atoms with Crippen LogP contribution < -0.4 is 9.80 Å². The van der Waals surface area contributed by atoms with Gasteiger partial charge in [-0.1, -0.05) is 4.90 Å². The molecule has 0 amide bonds. The highest BCUT2D eigenvalue weighted by Gasteiger charge is 2.13. The summed E-state index contributed by atoms with van der Waals surface area (Å²) in [5, 5.41) is 14.3. The average molecular weight is 165 g/mol. The number of hydrogen-bond donors (Lipinski definition) is 0. The molecule has 2 rings (SSSR count). The van der Waals surface area contributed by atoms with E-state index >= 15 is 0 Å². The Hall–Kier alpha value is -1.78. The lowest BCUT2D eigenvalue weighted by atomic mass is 10.3. The van der Waals surface area contributed by atoms with Gasteiger partial charge in [0.05, 0.1) is 12.4 Å². The number of allylic oxidation sites excluding steroid dienone is 2.